The normalized spacial score (nSPS) is 11.4. The summed E-state index contributed by atoms with van der Waals surface area (Å²) in [4.78, 5) is 12.4. The summed E-state index contributed by atoms with van der Waals surface area (Å²) in [5.74, 6) is -0.890. The van der Waals surface area contributed by atoms with Gasteiger partial charge in [0.05, 0.1) is 17.4 Å². The fourth-order valence-electron chi connectivity index (χ4n) is 2.30. The maximum atomic E-state index is 13.6. The molecule has 0 aliphatic heterocycles. The predicted molar refractivity (Wildman–Crippen MR) is 101 cm³/mol. The molecular weight excluding hydrogens is 482 g/mol. The highest BCUT2D eigenvalue weighted by molar-refractivity contribution is 14.1. The van der Waals surface area contributed by atoms with Gasteiger partial charge in [0.25, 0.3) is 5.91 Å². The Labute approximate surface area is 165 Å². The molecule has 9 heteroatoms. The number of nitrogens with zero attached hydrogens (tertiary/aromatic N) is 2. The first kappa shape index (κ1) is 18.7. The number of aromatic nitrogens is 2. The molecule has 0 saturated heterocycles. The highest BCUT2D eigenvalue weighted by Gasteiger charge is 2.40. The predicted octanol–water partition coefficient (Wildman–Crippen LogP) is 5.40. The number of amides is 1. The minimum absolute atomic E-state index is 0.148. The average Bonchev–Trinajstić information content (AvgIpc) is 3.03. The van der Waals surface area contributed by atoms with Gasteiger partial charge in [-0.25, -0.2) is 4.68 Å². The van der Waals surface area contributed by atoms with Crippen LogP contribution in [0.15, 0.2) is 54.7 Å². The third kappa shape index (κ3) is 4.01. The summed E-state index contributed by atoms with van der Waals surface area (Å²) in [6.45, 7) is 0. The quantitative estimate of drug-likeness (QED) is 0.499. The number of carbonyl (C=O) groups is 1. The van der Waals surface area contributed by atoms with Crippen molar-refractivity contribution in [1.29, 1.82) is 0 Å². The van der Waals surface area contributed by atoms with Crippen molar-refractivity contribution in [3.63, 3.8) is 0 Å². The SMILES string of the molecule is O=C(Nc1ccc(I)cc1)c1cnn(-c2ccc(Cl)cc2)c1C(F)(F)F. The standard InChI is InChI=1S/C17H10ClF3IN3O/c18-10-1-7-13(8-2-10)25-15(17(19,20)21)14(9-23-25)16(26)24-12-5-3-11(22)4-6-12/h1-9H,(H,24,26). The first-order valence-electron chi connectivity index (χ1n) is 7.24. The van der Waals surface area contributed by atoms with Gasteiger partial charge in [-0.05, 0) is 71.1 Å². The molecule has 1 heterocycles. The smallest absolute Gasteiger partial charge is 0.322 e. The van der Waals surface area contributed by atoms with Crippen molar-refractivity contribution in [3.8, 4) is 5.69 Å². The van der Waals surface area contributed by atoms with Crippen LogP contribution in [0, 0.1) is 3.57 Å². The zero-order valence-corrected chi connectivity index (χ0v) is 15.8. The van der Waals surface area contributed by atoms with E-state index in [1.165, 1.54) is 24.3 Å². The van der Waals surface area contributed by atoms with Gasteiger partial charge in [-0.3, -0.25) is 4.79 Å². The minimum atomic E-state index is -4.77. The van der Waals surface area contributed by atoms with Crippen LogP contribution < -0.4 is 5.32 Å². The lowest BCUT2D eigenvalue weighted by molar-refractivity contribution is -0.143. The van der Waals surface area contributed by atoms with Crippen LogP contribution in [0.25, 0.3) is 5.69 Å². The summed E-state index contributed by atoms with van der Waals surface area (Å²) in [5, 5.41) is 6.59. The van der Waals surface area contributed by atoms with Gasteiger partial charge in [0.15, 0.2) is 5.69 Å². The molecule has 0 saturated carbocycles. The molecule has 0 radical (unpaired) electrons. The third-order valence-corrected chi connectivity index (χ3v) is 4.43. The molecule has 0 unspecified atom stereocenters. The fraction of sp³-hybridized carbons (Fsp3) is 0.0588. The molecule has 0 spiro atoms. The van der Waals surface area contributed by atoms with Crippen molar-refractivity contribution in [2.75, 3.05) is 5.32 Å². The van der Waals surface area contributed by atoms with Crippen LogP contribution >= 0.6 is 34.2 Å². The molecule has 0 atom stereocenters. The third-order valence-electron chi connectivity index (χ3n) is 3.46. The summed E-state index contributed by atoms with van der Waals surface area (Å²) < 4.78 is 42.4. The number of nitrogens with one attached hydrogen (secondary N) is 1. The summed E-state index contributed by atoms with van der Waals surface area (Å²) in [5.41, 5.74) is -1.17. The van der Waals surface area contributed by atoms with E-state index in [1.54, 1.807) is 24.3 Å². The van der Waals surface area contributed by atoms with Gasteiger partial charge in [-0.15, -0.1) is 0 Å². The Kier molecular flexibility index (Phi) is 5.24. The van der Waals surface area contributed by atoms with Gasteiger partial charge in [-0.2, -0.15) is 18.3 Å². The highest BCUT2D eigenvalue weighted by atomic mass is 127. The number of carbonyl (C=O) groups excluding carboxylic acids is 1. The lowest BCUT2D eigenvalue weighted by atomic mass is 10.2. The first-order valence-corrected chi connectivity index (χ1v) is 8.69. The summed E-state index contributed by atoms with van der Waals surface area (Å²) in [7, 11) is 0. The van der Waals surface area contributed by atoms with E-state index in [2.05, 4.69) is 33.0 Å². The van der Waals surface area contributed by atoms with Crippen LogP contribution in [-0.2, 0) is 6.18 Å². The van der Waals surface area contributed by atoms with Gasteiger partial charge in [-0.1, -0.05) is 11.6 Å². The van der Waals surface area contributed by atoms with E-state index in [1.807, 2.05) is 0 Å². The summed E-state index contributed by atoms with van der Waals surface area (Å²) in [6, 6.07) is 12.4. The van der Waals surface area contributed by atoms with Gasteiger partial charge in [0.1, 0.15) is 0 Å². The summed E-state index contributed by atoms with van der Waals surface area (Å²) in [6.07, 6.45) is -3.87. The summed E-state index contributed by atoms with van der Waals surface area (Å²) >= 11 is 7.85. The fourth-order valence-corrected chi connectivity index (χ4v) is 2.78. The number of benzene rings is 2. The average molecular weight is 492 g/mol. The number of hydrogen-bond donors (Lipinski definition) is 1. The molecule has 1 aromatic heterocycles. The van der Waals surface area contributed by atoms with Crippen LogP contribution in [-0.4, -0.2) is 15.7 Å². The first-order chi connectivity index (χ1) is 12.3. The second kappa shape index (κ2) is 7.28. The van der Waals surface area contributed by atoms with Gasteiger partial charge in [0, 0.05) is 14.3 Å². The zero-order valence-electron chi connectivity index (χ0n) is 12.9. The lowest BCUT2D eigenvalue weighted by Crippen LogP contribution is -2.20. The van der Waals surface area contributed by atoms with Crippen LogP contribution in [0.1, 0.15) is 16.1 Å². The van der Waals surface area contributed by atoms with E-state index in [4.69, 9.17) is 11.6 Å². The van der Waals surface area contributed by atoms with E-state index >= 15 is 0 Å². The monoisotopic (exact) mass is 491 g/mol. The Hall–Kier alpha value is -2.07. The van der Waals surface area contributed by atoms with Crippen molar-refractivity contribution in [1.82, 2.24) is 9.78 Å². The molecule has 3 aromatic rings. The van der Waals surface area contributed by atoms with Crippen LogP contribution in [0.2, 0.25) is 5.02 Å². The number of halogens is 5. The molecule has 2 aromatic carbocycles. The van der Waals surface area contributed by atoms with E-state index in [-0.39, 0.29) is 5.69 Å². The number of rotatable bonds is 3. The van der Waals surface area contributed by atoms with Crippen molar-refractivity contribution < 1.29 is 18.0 Å². The molecule has 26 heavy (non-hydrogen) atoms. The Bertz CT molecular complexity index is 937. The molecule has 134 valence electrons. The van der Waals surface area contributed by atoms with Crippen LogP contribution in [0.3, 0.4) is 0 Å². The van der Waals surface area contributed by atoms with Crippen LogP contribution in [0.5, 0.6) is 0 Å². The molecular formula is C17H10ClF3IN3O. The lowest BCUT2D eigenvalue weighted by Gasteiger charge is -2.13. The molecule has 3 rings (SSSR count). The Morgan fingerprint density at radius 1 is 1.08 bits per heavy atom. The maximum Gasteiger partial charge on any atom is 0.434 e. The number of hydrogen-bond acceptors (Lipinski definition) is 2. The second-order valence-corrected chi connectivity index (χ2v) is 6.94. The topological polar surface area (TPSA) is 46.9 Å². The Morgan fingerprint density at radius 2 is 1.69 bits per heavy atom. The highest BCUT2D eigenvalue weighted by Crippen LogP contribution is 2.34. The van der Waals surface area contributed by atoms with Gasteiger partial charge < -0.3 is 5.32 Å². The van der Waals surface area contributed by atoms with Crippen molar-refractivity contribution in [2.24, 2.45) is 0 Å². The Balaban J connectivity index is 2.00. The van der Waals surface area contributed by atoms with E-state index in [9.17, 15) is 18.0 Å². The number of anilines is 1. The van der Waals surface area contributed by atoms with E-state index in [0.717, 1.165) is 9.77 Å². The Morgan fingerprint density at radius 3 is 2.27 bits per heavy atom. The second-order valence-electron chi connectivity index (χ2n) is 5.25. The molecule has 1 N–H and O–H groups in total. The van der Waals surface area contributed by atoms with E-state index in [0.29, 0.717) is 15.4 Å². The molecule has 0 bridgehead atoms. The van der Waals surface area contributed by atoms with Gasteiger partial charge in [0.2, 0.25) is 0 Å². The van der Waals surface area contributed by atoms with Crippen molar-refractivity contribution in [2.45, 2.75) is 6.18 Å². The molecule has 0 aliphatic carbocycles. The maximum absolute atomic E-state index is 13.6. The molecule has 1 amide bonds. The minimum Gasteiger partial charge on any atom is -0.322 e. The molecule has 4 nitrogen and oxygen atoms in total. The van der Waals surface area contributed by atoms with Crippen molar-refractivity contribution in [3.05, 3.63) is 74.6 Å². The zero-order chi connectivity index (χ0) is 18.9. The van der Waals surface area contributed by atoms with E-state index < -0.39 is 23.3 Å². The molecule has 0 fully saturated rings. The van der Waals surface area contributed by atoms with Gasteiger partial charge >= 0.3 is 6.18 Å². The molecule has 0 aliphatic rings. The largest absolute Gasteiger partial charge is 0.434 e. The number of alkyl halides is 3. The van der Waals surface area contributed by atoms with Crippen molar-refractivity contribution >= 4 is 45.8 Å². The van der Waals surface area contributed by atoms with Crippen LogP contribution in [0.4, 0.5) is 18.9 Å².